The molecule has 5 nitrogen and oxygen atoms in total. The molecule has 2 N–H and O–H groups in total. The third kappa shape index (κ3) is 3.22. The van der Waals surface area contributed by atoms with Gasteiger partial charge in [0, 0.05) is 31.3 Å². The number of fused-ring (bicyclic) bond motifs is 1. The number of anilines is 1. The van der Waals surface area contributed by atoms with E-state index in [4.69, 9.17) is 10.5 Å². The molecule has 0 spiro atoms. The van der Waals surface area contributed by atoms with Gasteiger partial charge in [0.05, 0.1) is 12.3 Å². The summed E-state index contributed by atoms with van der Waals surface area (Å²) >= 11 is 1.33. The number of hydrogen-bond acceptors (Lipinski definition) is 5. The van der Waals surface area contributed by atoms with E-state index in [1.165, 1.54) is 11.3 Å². The van der Waals surface area contributed by atoms with Gasteiger partial charge in [0.2, 0.25) is 0 Å². The number of thiophene rings is 1. The summed E-state index contributed by atoms with van der Waals surface area (Å²) in [5.74, 6) is -0.106. The number of nitrogens with zero attached hydrogens (tertiary/aromatic N) is 2. The number of ether oxygens (including phenoxy) is 1. The van der Waals surface area contributed by atoms with Crippen LogP contribution in [0.5, 0.6) is 0 Å². The Balaban J connectivity index is 2.36. The Bertz CT molecular complexity index is 666. The molecule has 2 rings (SSSR count). The Morgan fingerprint density at radius 1 is 1.57 bits per heavy atom. The molecule has 0 fully saturated rings. The Kier molecular flexibility index (Phi) is 4.93. The summed E-state index contributed by atoms with van der Waals surface area (Å²) in [5, 5.41) is 0.833. The molecular formula is C15H19N3O2S. The first-order valence-corrected chi connectivity index (χ1v) is 7.44. The van der Waals surface area contributed by atoms with E-state index in [-0.39, 0.29) is 5.91 Å². The Labute approximate surface area is 128 Å². The second-order valence-electron chi connectivity index (χ2n) is 4.68. The Morgan fingerprint density at radius 2 is 2.33 bits per heavy atom. The van der Waals surface area contributed by atoms with Gasteiger partial charge in [0.25, 0.3) is 5.91 Å². The van der Waals surface area contributed by atoms with Crippen molar-refractivity contribution < 1.29 is 9.53 Å². The molecule has 21 heavy (non-hydrogen) atoms. The minimum absolute atomic E-state index is 0.106. The molecule has 1 amide bonds. The Hall–Kier alpha value is -1.92. The van der Waals surface area contributed by atoms with Crippen molar-refractivity contribution in [1.29, 1.82) is 0 Å². The first kappa shape index (κ1) is 15.5. The summed E-state index contributed by atoms with van der Waals surface area (Å²) in [6.07, 6.45) is 1.69. The van der Waals surface area contributed by atoms with Crippen LogP contribution in [-0.2, 0) is 4.74 Å². The van der Waals surface area contributed by atoms with Gasteiger partial charge in [-0.05, 0) is 19.1 Å². The molecular weight excluding hydrogens is 286 g/mol. The molecule has 0 unspecified atom stereocenters. The fourth-order valence-corrected chi connectivity index (χ4v) is 3.13. The van der Waals surface area contributed by atoms with Crippen molar-refractivity contribution >= 4 is 33.1 Å². The predicted octanol–water partition coefficient (Wildman–Crippen LogP) is 2.46. The number of aromatic nitrogens is 1. The summed E-state index contributed by atoms with van der Waals surface area (Å²) in [7, 11) is 1.61. The standard InChI is InChI=1S/C15H19N3O2S/c1-4-7-18(8-9-20-3)15(19)13-12(16)11-6-5-10(2)17-14(11)21-13/h4-6H,1,7-9,16H2,2-3H3. The van der Waals surface area contributed by atoms with Crippen LogP contribution in [0.15, 0.2) is 24.8 Å². The number of nitrogen functional groups attached to an aromatic ring is 1. The smallest absolute Gasteiger partial charge is 0.266 e. The van der Waals surface area contributed by atoms with E-state index in [1.54, 1.807) is 18.1 Å². The zero-order valence-corrected chi connectivity index (χ0v) is 13.1. The summed E-state index contributed by atoms with van der Waals surface area (Å²) < 4.78 is 5.04. The lowest BCUT2D eigenvalue weighted by Crippen LogP contribution is -2.33. The van der Waals surface area contributed by atoms with E-state index in [9.17, 15) is 4.79 Å². The monoisotopic (exact) mass is 305 g/mol. The second kappa shape index (κ2) is 6.69. The van der Waals surface area contributed by atoms with Crippen molar-refractivity contribution in [2.24, 2.45) is 0 Å². The number of aryl methyl sites for hydroxylation is 1. The lowest BCUT2D eigenvalue weighted by atomic mass is 10.2. The number of nitrogens with two attached hydrogens (primary N) is 1. The van der Waals surface area contributed by atoms with Crippen molar-refractivity contribution in [2.75, 3.05) is 32.5 Å². The van der Waals surface area contributed by atoms with Crippen molar-refractivity contribution in [2.45, 2.75) is 6.92 Å². The van der Waals surface area contributed by atoms with E-state index in [0.717, 1.165) is 15.9 Å². The van der Waals surface area contributed by atoms with E-state index >= 15 is 0 Å². The minimum atomic E-state index is -0.106. The number of amides is 1. The molecule has 0 saturated heterocycles. The van der Waals surface area contributed by atoms with E-state index in [0.29, 0.717) is 30.3 Å². The lowest BCUT2D eigenvalue weighted by Gasteiger charge is -2.20. The van der Waals surface area contributed by atoms with Crippen molar-refractivity contribution in [3.05, 3.63) is 35.4 Å². The Morgan fingerprint density at radius 3 is 3.00 bits per heavy atom. The number of carbonyl (C=O) groups excluding carboxylic acids is 1. The molecule has 2 aromatic rings. The molecule has 0 aliphatic heterocycles. The molecule has 0 aromatic carbocycles. The number of hydrogen-bond donors (Lipinski definition) is 1. The fourth-order valence-electron chi connectivity index (χ4n) is 2.03. The third-order valence-corrected chi connectivity index (χ3v) is 4.23. The molecule has 0 atom stereocenters. The maximum absolute atomic E-state index is 12.6. The topological polar surface area (TPSA) is 68.5 Å². The predicted molar refractivity (Wildman–Crippen MR) is 86.7 cm³/mol. The highest BCUT2D eigenvalue weighted by Gasteiger charge is 2.21. The molecule has 0 radical (unpaired) electrons. The SMILES string of the molecule is C=CCN(CCOC)C(=O)c1sc2nc(C)ccc2c1N. The molecule has 112 valence electrons. The third-order valence-electron chi connectivity index (χ3n) is 3.13. The zero-order valence-electron chi connectivity index (χ0n) is 12.3. The molecule has 6 heteroatoms. The second-order valence-corrected chi connectivity index (χ2v) is 5.68. The number of pyridine rings is 1. The quantitative estimate of drug-likeness (QED) is 0.832. The molecule has 0 bridgehead atoms. The summed E-state index contributed by atoms with van der Waals surface area (Å²) in [6.45, 7) is 7.04. The van der Waals surface area contributed by atoms with Gasteiger partial charge in [0.15, 0.2) is 0 Å². The summed E-state index contributed by atoms with van der Waals surface area (Å²) in [6, 6.07) is 3.80. The van der Waals surface area contributed by atoms with E-state index in [1.807, 2.05) is 19.1 Å². The van der Waals surface area contributed by atoms with Gasteiger partial charge in [0.1, 0.15) is 9.71 Å². The van der Waals surface area contributed by atoms with Crippen LogP contribution in [0.1, 0.15) is 15.4 Å². The molecule has 0 saturated carbocycles. The zero-order chi connectivity index (χ0) is 15.4. The maximum Gasteiger partial charge on any atom is 0.266 e. The largest absolute Gasteiger partial charge is 0.397 e. The lowest BCUT2D eigenvalue weighted by molar-refractivity contribution is 0.0724. The van der Waals surface area contributed by atoms with Crippen LogP contribution in [0.4, 0.5) is 5.69 Å². The number of methoxy groups -OCH3 is 1. The van der Waals surface area contributed by atoms with Crippen LogP contribution >= 0.6 is 11.3 Å². The maximum atomic E-state index is 12.6. The molecule has 0 aliphatic carbocycles. The fraction of sp³-hybridized carbons (Fsp3) is 0.333. The van der Waals surface area contributed by atoms with Gasteiger partial charge < -0.3 is 15.4 Å². The van der Waals surface area contributed by atoms with Gasteiger partial charge in [-0.25, -0.2) is 4.98 Å². The van der Waals surface area contributed by atoms with Crippen LogP contribution in [0, 0.1) is 6.92 Å². The van der Waals surface area contributed by atoms with E-state index in [2.05, 4.69) is 11.6 Å². The van der Waals surface area contributed by atoms with Crippen molar-refractivity contribution in [3.8, 4) is 0 Å². The van der Waals surface area contributed by atoms with Crippen LogP contribution < -0.4 is 5.73 Å². The van der Waals surface area contributed by atoms with Crippen LogP contribution in [0.2, 0.25) is 0 Å². The summed E-state index contributed by atoms with van der Waals surface area (Å²) in [5.41, 5.74) is 7.52. The highest BCUT2D eigenvalue weighted by Crippen LogP contribution is 2.33. The molecule has 0 aliphatic rings. The van der Waals surface area contributed by atoms with Gasteiger partial charge in [-0.1, -0.05) is 6.08 Å². The van der Waals surface area contributed by atoms with Gasteiger partial charge in [-0.2, -0.15) is 0 Å². The van der Waals surface area contributed by atoms with E-state index < -0.39 is 0 Å². The first-order chi connectivity index (χ1) is 10.1. The van der Waals surface area contributed by atoms with Crippen LogP contribution in [0.3, 0.4) is 0 Å². The molecule has 2 heterocycles. The average molecular weight is 305 g/mol. The van der Waals surface area contributed by atoms with Gasteiger partial charge in [-0.15, -0.1) is 17.9 Å². The highest BCUT2D eigenvalue weighted by molar-refractivity contribution is 7.21. The average Bonchev–Trinajstić information content (AvgIpc) is 2.79. The van der Waals surface area contributed by atoms with Crippen molar-refractivity contribution in [1.82, 2.24) is 9.88 Å². The minimum Gasteiger partial charge on any atom is -0.397 e. The number of carbonyl (C=O) groups is 1. The normalized spacial score (nSPS) is 10.8. The van der Waals surface area contributed by atoms with Gasteiger partial charge in [-0.3, -0.25) is 4.79 Å². The number of rotatable bonds is 6. The molecule has 2 aromatic heterocycles. The summed E-state index contributed by atoms with van der Waals surface area (Å²) in [4.78, 5) is 20.1. The highest BCUT2D eigenvalue weighted by atomic mass is 32.1. The van der Waals surface area contributed by atoms with Gasteiger partial charge >= 0.3 is 0 Å². The van der Waals surface area contributed by atoms with Crippen LogP contribution in [0.25, 0.3) is 10.2 Å². The van der Waals surface area contributed by atoms with Crippen molar-refractivity contribution in [3.63, 3.8) is 0 Å². The van der Waals surface area contributed by atoms with Crippen LogP contribution in [-0.4, -0.2) is 42.6 Å². The first-order valence-electron chi connectivity index (χ1n) is 6.63.